The molecule has 0 aliphatic heterocycles. The Labute approximate surface area is 190 Å². The van der Waals surface area contributed by atoms with E-state index in [-0.39, 0.29) is 11.5 Å². The van der Waals surface area contributed by atoms with Crippen molar-refractivity contribution in [1.82, 2.24) is 0 Å². The van der Waals surface area contributed by atoms with Crippen LogP contribution < -0.4 is 14.2 Å². The number of benzene rings is 3. The molecule has 3 aromatic carbocycles. The molecule has 0 aromatic heterocycles. The van der Waals surface area contributed by atoms with Gasteiger partial charge in [-0.3, -0.25) is 4.79 Å². The fourth-order valence-electron chi connectivity index (χ4n) is 2.90. The van der Waals surface area contributed by atoms with Crippen molar-refractivity contribution in [2.75, 3.05) is 13.7 Å². The van der Waals surface area contributed by atoms with Crippen LogP contribution in [0.2, 0.25) is 5.02 Å². The largest absolute Gasteiger partial charge is 0.491 e. The molecule has 0 spiro atoms. The zero-order chi connectivity index (χ0) is 23.1. The summed E-state index contributed by atoms with van der Waals surface area (Å²) in [6.07, 6.45) is 2.80. The highest BCUT2D eigenvalue weighted by Gasteiger charge is 2.12. The molecule has 0 fully saturated rings. The maximum Gasteiger partial charge on any atom is 0.336 e. The van der Waals surface area contributed by atoms with E-state index >= 15 is 0 Å². The van der Waals surface area contributed by atoms with Gasteiger partial charge in [0.1, 0.15) is 11.6 Å². The van der Waals surface area contributed by atoms with Gasteiger partial charge in [0, 0.05) is 17.2 Å². The molecule has 0 saturated heterocycles. The number of halogens is 2. The van der Waals surface area contributed by atoms with Gasteiger partial charge in [-0.15, -0.1) is 0 Å². The predicted octanol–water partition coefficient (Wildman–Crippen LogP) is 5.74. The second kappa shape index (κ2) is 10.6. The Hall–Kier alpha value is -3.64. The zero-order valence-electron chi connectivity index (χ0n) is 17.4. The first-order chi connectivity index (χ1) is 15.4. The summed E-state index contributed by atoms with van der Waals surface area (Å²) in [4.78, 5) is 24.6. The minimum Gasteiger partial charge on any atom is -0.491 e. The molecule has 0 unspecified atom stereocenters. The van der Waals surface area contributed by atoms with E-state index in [0.29, 0.717) is 39.8 Å². The van der Waals surface area contributed by atoms with Gasteiger partial charge >= 0.3 is 5.97 Å². The first kappa shape index (κ1) is 23.0. The number of hydrogen-bond acceptors (Lipinski definition) is 5. The van der Waals surface area contributed by atoms with Gasteiger partial charge in [-0.05, 0) is 79.2 Å². The zero-order valence-corrected chi connectivity index (χ0v) is 18.2. The van der Waals surface area contributed by atoms with Crippen LogP contribution >= 0.6 is 11.6 Å². The van der Waals surface area contributed by atoms with Crippen LogP contribution in [0, 0.1) is 5.82 Å². The number of hydrogen-bond donors (Lipinski definition) is 0. The van der Waals surface area contributed by atoms with Crippen molar-refractivity contribution in [3.05, 3.63) is 94.3 Å². The molecule has 32 heavy (non-hydrogen) atoms. The Balaban J connectivity index is 1.67. The predicted molar refractivity (Wildman–Crippen MR) is 120 cm³/mol. The van der Waals surface area contributed by atoms with Crippen LogP contribution in [0.25, 0.3) is 6.08 Å². The van der Waals surface area contributed by atoms with Crippen molar-refractivity contribution < 1.29 is 28.2 Å². The number of methoxy groups -OCH3 is 1. The quantitative estimate of drug-likeness (QED) is 0.188. The highest BCUT2D eigenvalue weighted by molar-refractivity contribution is 6.32. The van der Waals surface area contributed by atoms with E-state index in [0.717, 1.165) is 0 Å². The number of carbonyl (C=O) groups is 2. The monoisotopic (exact) mass is 454 g/mol. The van der Waals surface area contributed by atoms with Gasteiger partial charge < -0.3 is 14.2 Å². The molecule has 3 rings (SSSR count). The third-order valence-corrected chi connectivity index (χ3v) is 4.67. The van der Waals surface area contributed by atoms with Crippen LogP contribution in [0.3, 0.4) is 0 Å². The van der Waals surface area contributed by atoms with Gasteiger partial charge in [-0.2, -0.15) is 0 Å². The van der Waals surface area contributed by atoms with Crippen LogP contribution in [0.15, 0.2) is 66.7 Å². The molecule has 0 amide bonds. The average molecular weight is 455 g/mol. The molecule has 0 heterocycles. The van der Waals surface area contributed by atoms with Crippen molar-refractivity contribution in [3.63, 3.8) is 0 Å². The lowest BCUT2D eigenvalue weighted by Crippen LogP contribution is -2.05. The maximum absolute atomic E-state index is 13.0. The Morgan fingerprint density at radius 3 is 2.22 bits per heavy atom. The molecule has 0 aliphatic rings. The van der Waals surface area contributed by atoms with Crippen molar-refractivity contribution in [1.29, 1.82) is 0 Å². The molecular formula is C25H20ClFO5. The standard InChI is InChI=1S/C25H20ClFO5/c1-3-31-22-15-16(14-21(26)25(22)30-2)4-13-23(28)32-20-11-7-18(8-12-20)24(29)17-5-9-19(27)10-6-17/h4-15H,3H2,1-2H3/b13-4+. The third kappa shape index (κ3) is 5.74. The van der Waals surface area contributed by atoms with Crippen molar-refractivity contribution in [2.24, 2.45) is 0 Å². The maximum atomic E-state index is 13.0. The lowest BCUT2D eigenvalue weighted by atomic mass is 10.0. The van der Waals surface area contributed by atoms with E-state index in [9.17, 15) is 14.0 Å². The highest BCUT2D eigenvalue weighted by atomic mass is 35.5. The number of carbonyl (C=O) groups excluding carboxylic acids is 2. The van der Waals surface area contributed by atoms with Gasteiger partial charge in [0.05, 0.1) is 18.7 Å². The summed E-state index contributed by atoms with van der Waals surface area (Å²) >= 11 is 6.21. The van der Waals surface area contributed by atoms with E-state index in [1.165, 1.54) is 61.7 Å². The van der Waals surface area contributed by atoms with Crippen molar-refractivity contribution >= 4 is 29.4 Å². The number of ether oxygens (including phenoxy) is 3. The summed E-state index contributed by atoms with van der Waals surface area (Å²) in [5.41, 5.74) is 1.39. The lowest BCUT2D eigenvalue weighted by molar-refractivity contribution is -0.128. The highest BCUT2D eigenvalue weighted by Crippen LogP contribution is 2.36. The van der Waals surface area contributed by atoms with E-state index in [1.54, 1.807) is 18.2 Å². The summed E-state index contributed by atoms with van der Waals surface area (Å²) in [5, 5.41) is 0.355. The second-order valence-corrected chi connectivity index (χ2v) is 6.99. The summed E-state index contributed by atoms with van der Waals surface area (Å²) in [6.45, 7) is 2.27. The molecule has 0 bridgehead atoms. The average Bonchev–Trinajstić information content (AvgIpc) is 2.78. The minimum atomic E-state index is -0.604. The van der Waals surface area contributed by atoms with Crippen molar-refractivity contribution in [2.45, 2.75) is 6.92 Å². The first-order valence-electron chi connectivity index (χ1n) is 9.71. The number of esters is 1. The van der Waals surface area contributed by atoms with Crippen LogP contribution in [0.4, 0.5) is 4.39 Å². The molecule has 3 aromatic rings. The van der Waals surface area contributed by atoms with Crippen molar-refractivity contribution in [3.8, 4) is 17.2 Å². The molecule has 164 valence electrons. The summed E-state index contributed by atoms with van der Waals surface area (Å²) in [5.74, 6) is -0.113. The normalized spacial score (nSPS) is 10.8. The molecule has 0 N–H and O–H groups in total. The third-order valence-electron chi connectivity index (χ3n) is 4.39. The molecule has 0 saturated carbocycles. The molecule has 7 heteroatoms. The second-order valence-electron chi connectivity index (χ2n) is 6.58. The number of ketones is 1. The Bertz CT molecular complexity index is 1140. The van der Waals surface area contributed by atoms with Crippen LogP contribution in [0.5, 0.6) is 17.2 Å². The Kier molecular flexibility index (Phi) is 7.63. The minimum absolute atomic E-state index is 0.260. The Morgan fingerprint density at radius 1 is 1.00 bits per heavy atom. The Morgan fingerprint density at radius 2 is 1.62 bits per heavy atom. The summed E-state index contributed by atoms with van der Waals surface area (Å²) in [7, 11) is 1.50. The lowest BCUT2D eigenvalue weighted by Gasteiger charge is -2.11. The summed E-state index contributed by atoms with van der Waals surface area (Å²) < 4.78 is 29.0. The van der Waals surface area contributed by atoms with Gasteiger partial charge in [0.25, 0.3) is 0 Å². The molecule has 5 nitrogen and oxygen atoms in total. The fourth-order valence-corrected chi connectivity index (χ4v) is 3.20. The van der Waals surface area contributed by atoms with E-state index in [1.807, 2.05) is 6.92 Å². The smallest absolute Gasteiger partial charge is 0.336 e. The number of rotatable bonds is 8. The first-order valence-corrected chi connectivity index (χ1v) is 10.1. The van der Waals surface area contributed by atoms with E-state index in [2.05, 4.69) is 0 Å². The fraction of sp³-hybridized carbons (Fsp3) is 0.120. The van der Waals surface area contributed by atoms with Crippen LogP contribution in [-0.4, -0.2) is 25.5 Å². The van der Waals surface area contributed by atoms with Gasteiger partial charge in [-0.25, -0.2) is 9.18 Å². The topological polar surface area (TPSA) is 61.8 Å². The molecular weight excluding hydrogens is 435 g/mol. The summed E-state index contributed by atoms with van der Waals surface area (Å²) in [6, 6.07) is 14.7. The van der Waals surface area contributed by atoms with Crippen LogP contribution in [-0.2, 0) is 4.79 Å². The van der Waals surface area contributed by atoms with Gasteiger partial charge in [-0.1, -0.05) is 11.6 Å². The van der Waals surface area contributed by atoms with Crippen LogP contribution in [0.1, 0.15) is 28.4 Å². The molecule has 0 radical (unpaired) electrons. The van der Waals surface area contributed by atoms with Gasteiger partial charge in [0.15, 0.2) is 17.3 Å². The molecule has 0 atom stereocenters. The van der Waals surface area contributed by atoms with Gasteiger partial charge in [0.2, 0.25) is 0 Å². The van der Waals surface area contributed by atoms with E-state index in [4.69, 9.17) is 25.8 Å². The SMILES string of the molecule is CCOc1cc(/C=C/C(=O)Oc2ccc(C(=O)c3ccc(F)cc3)cc2)cc(Cl)c1OC. The van der Waals surface area contributed by atoms with E-state index < -0.39 is 11.8 Å². The molecule has 0 aliphatic carbocycles.